The van der Waals surface area contributed by atoms with Gasteiger partial charge in [0.25, 0.3) is 5.56 Å². The number of para-hydroxylation sites is 1. The lowest BCUT2D eigenvalue weighted by Gasteiger charge is -2.19. The van der Waals surface area contributed by atoms with Crippen LogP contribution in [0.4, 0.5) is 11.6 Å². The zero-order chi connectivity index (χ0) is 17.2. The number of nitrogens with one attached hydrogen (secondary N) is 1. The molecule has 0 aliphatic carbocycles. The second-order valence-electron chi connectivity index (χ2n) is 5.87. The van der Waals surface area contributed by atoms with Crippen LogP contribution in [0, 0.1) is 0 Å². The van der Waals surface area contributed by atoms with E-state index < -0.39 is 0 Å². The van der Waals surface area contributed by atoms with Gasteiger partial charge < -0.3 is 14.6 Å². The van der Waals surface area contributed by atoms with Crippen molar-refractivity contribution >= 4 is 34.1 Å². The third-order valence-electron chi connectivity index (χ3n) is 4.14. The first-order chi connectivity index (χ1) is 12.2. The van der Waals surface area contributed by atoms with Gasteiger partial charge in [-0.2, -0.15) is 4.98 Å². The van der Waals surface area contributed by atoms with Crippen molar-refractivity contribution in [3.05, 3.63) is 76.2 Å². The predicted molar refractivity (Wildman–Crippen MR) is 99.4 cm³/mol. The van der Waals surface area contributed by atoms with Crippen molar-refractivity contribution in [3.8, 4) is 0 Å². The van der Waals surface area contributed by atoms with E-state index in [1.165, 1.54) is 0 Å². The van der Waals surface area contributed by atoms with Gasteiger partial charge in [-0.1, -0.05) is 23.7 Å². The fourth-order valence-corrected chi connectivity index (χ4v) is 3.04. The average Bonchev–Trinajstić information content (AvgIpc) is 3.13. The summed E-state index contributed by atoms with van der Waals surface area (Å²) in [5, 5.41) is 4.47. The summed E-state index contributed by atoms with van der Waals surface area (Å²) < 4.78 is 7.59. The monoisotopic (exact) mass is 353 g/mol. The number of ether oxygens (including phenoxy) is 1. The highest BCUT2D eigenvalue weighted by molar-refractivity contribution is 6.30. The second kappa shape index (κ2) is 6.61. The molecular weight excluding hydrogens is 338 g/mol. The summed E-state index contributed by atoms with van der Waals surface area (Å²) in [5.41, 5.74) is 1.38. The fraction of sp³-hybridized carbons (Fsp3) is 0.158. The van der Waals surface area contributed by atoms with Crippen LogP contribution in [0.5, 0.6) is 0 Å². The molecule has 0 radical (unpaired) electrons. The van der Waals surface area contributed by atoms with Crippen LogP contribution < -0.4 is 10.9 Å². The Morgan fingerprint density at radius 2 is 2.00 bits per heavy atom. The van der Waals surface area contributed by atoms with E-state index in [0.29, 0.717) is 22.9 Å². The number of benzene rings is 2. The van der Waals surface area contributed by atoms with Crippen molar-refractivity contribution in [1.82, 2.24) is 9.55 Å². The highest BCUT2D eigenvalue weighted by Gasteiger charge is 2.17. The number of fused-ring (bicyclic) bond motifs is 1. The average molecular weight is 354 g/mol. The molecule has 0 bridgehead atoms. The van der Waals surface area contributed by atoms with Crippen molar-refractivity contribution < 1.29 is 4.74 Å². The van der Waals surface area contributed by atoms with Crippen LogP contribution in [0.3, 0.4) is 0 Å². The van der Waals surface area contributed by atoms with Crippen LogP contribution >= 0.6 is 11.6 Å². The van der Waals surface area contributed by atoms with Gasteiger partial charge >= 0.3 is 0 Å². The second-order valence-corrected chi connectivity index (χ2v) is 6.30. The SMILES string of the molecule is O=c1nc(Nc2ccc(Cl)cc2)n(CC2CC=CO2)c2ccccc12. The summed E-state index contributed by atoms with van der Waals surface area (Å²) >= 11 is 5.94. The molecule has 0 fully saturated rings. The summed E-state index contributed by atoms with van der Waals surface area (Å²) in [6.07, 6.45) is 4.57. The van der Waals surface area contributed by atoms with Gasteiger partial charge in [-0.15, -0.1) is 0 Å². The minimum absolute atomic E-state index is 0.0264. The van der Waals surface area contributed by atoms with E-state index in [1.54, 1.807) is 24.5 Å². The molecule has 3 aromatic rings. The Kier molecular flexibility index (Phi) is 4.15. The number of hydrogen-bond acceptors (Lipinski definition) is 4. The maximum absolute atomic E-state index is 12.4. The van der Waals surface area contributed by atoms with Gasteiger partial charge in [-0.25, -0.2) is 0 Å². The molecule has 1 aliphatic rings. The summed E-state index contributed by atoms with van der Waals surface area (Å²) in [4.78, 5) is 16.7. The van der Waals surface area contributed by atoms with Gasteiger partial charge in [0.15, 0.2) is 0 Å². The van der Waals surface area contributed by atoms with Crippen LogP contribution in [-0.4, -0.2) is 15.7 Å². The number of rotatable bonds is 4. The highest BCUT2D eigenvalue weighted by Crippen LogP contribution is 2.22. The molecular formula is C19H16ClN3O2. The Morgan fingerprint density at radius 3 is 2.76 bits per heavy atom. The number of anilines is 2. The summed E-state index contributed by atoms with van der Waals surface area (Å²) in [6, 6.07) is 14.8. The molecule has 25 heavy (non-hydrogen) atoms. The molecule has 1 unspecified atom stereocenters. The lowest BCUT2D eigenvalue weighted by molar-refractivity contribution is 0.153. The largest absolute Gasteiger partial charge is 0.496 e. The first-order valence-electron chi connectivity index (χ1n) is 8.03. The van der Waals surface area contributed by atoms with E-state index in [2.05, 4.69) is 10.3 Å². The van der Waals surface area contributed by atoms with Crippen LogP contribution in [0.15, 0.2) is 65.7 Å². The summed E-state index contributed by atoms with van der Waals surface area (Å²) in [6.45, 7) is 0.594. The zero-order valence-corrected chi connectivity index (χ0v) is 14.1. The van der Waals surface area contributed by atoms with E-state index >= 15 is 0 Å². The molecule has 0 saturated carbocycles. The Bertz CT molecular complexity index is 988. The maximum Gasteiger partial charge on any atom is 0.282 e. The van der Waals surface area contributed by atoms with Crippen molar-refractivity contribution in [2.45, 2.75) is 19.1 Å². The maximum atomic E-state index is 12.4. The normalized spacial score (nSPS) is 16.1. The number of halogens is 1. The lowest BCUT2D eigenvalue weighted by atomic mass is 10.2. The van der Waals surface area contributed by atoms with Crippen molar-refractivity contribution in [2.75, 3.05) is 5.32 Å². The Morgan fingerprint density at radius 1 is 1.20 bits per heavy atom. The minimum atomic E-state index is -0.256. The molecule has 2 heterocycles. The van der Waals surface area contributed by atoms with Crippen LogP contribution in [0.25, 0.3) is 10.9 Å². The minimum Gasteiger partial charge on any atom is -0.496 e. The first kappa shape index (κ1) is 15.7. The van der Waals surface area contributed by atoms with E-state index in [0.717, 1.165) is 17.6 Å². The van der Waals surface area contributed by atoms with Crippen molar-refractivity contribution in [2.24, 2.45) is 0 Å². The zero-order valence-electron chi connectivity index (χ0n) is 13.4. The fourth-order valence-electron chi connectivity index (χ4n) is 2.91. The molecule has 1 aromatic heterocycles. The third kappa shape index (κ3) is 3.23. The topological polar surface area (TPSA) is 56.2 Å². The van der Waals surface area contributed by atoms with E-state index in [-0.39, 0.29) is 11.7 Å². The third-order valence-corrected chi connectivity index (χ3v) is 4.39. The lowest BCUT2D eigenvalue weighted by Crippen LogP contribution is -2.23. The summed E-state index contributed by atoms with van der Waals surface area (Å²) in [5.74, 6) is 0.488. The Hall–Kier alpha value is -2.79. The molecule has 126 valence electrons. The molecule has 0 amide bonds. The van der Waals surface area contributed by atoms with E-state index in [1.807, 2.05) is 41.0 Å². The van der Waals surface area contributed by atoms with E-state index in [4.69, 9.17) is 16.3 Å². The molecule has 5 nitrogen and oxygen atoms in total. The van der Waals surface area contributed by atoms with Gasteiger partial charge in [0.05, 0.1) is 23.7 Å². The summed E-state index contributed by atoms with van der Waals surface area (Å²) in [7, 11) is 0. The van der Waals surface area contributed by atoms with Gasteiger partial charge in [0.1, 0.15) is 6.10 Å². The van der Waals surface area contributed by atoms with Crippen LogP contribution in [-0.2, 0) is 11.3 Å². The standard InChI is InChI=1S/C19H16ClN3O2/c20-13-7-9-14(10-8-13)21-19-22-18(24)16-5-1-2-6-17(16)23(19)12-15-4-3-11-25-15/h1-3,5-11,15H,4,12H2,(H,21,22,24). The van der Waals surface area contributed by atoms with E-state index in [9.17, 15) is 4.79 Å². The Balaban J connectivity index is 1.80. The number of nitrogens with zero attached hydrogens (tertiary/aromatic N) is 2. The molecule has 1 aliphatic heterocycles. The predicted octanol–water partition coefficient (Wildman–Crippen LogP) is 4.10. The van der Waals surface area contributed by atoms with Crippen LogP contribution in [0.2, 0.25) is 5.02 Å². The van der Waals surface area contributed by atoms with Gasteiger partial charge in [-0.3, -0.25) is 4.79 Å². The number of aromatic nitrogens is 2. The molecule has 1 atom stereocenters. The number of hydrogen-bond donors (Lipinski definition) is 1. The van der Waals surface area contributed by atoms with Crippen molar-refractivity contribution in [3.63, 3.8) is 0 Å². The first-order valence-corrected chi connectivity index (χ1v) is 8.41. The van der Waals surface area contributed by atoms with Gasteiger partial charge in [0.2, 0.25) is 5.95 Å². The highest BCUT2D eigenvalue weighted by atomic mass is 35.5. The molecule has 0 spiro atoms. The van der Waals surface area contributed by atoms with Gasteiger partial charge in [-0.05, 0) is 42.5 Å². The quantitative estimate of drug-likeness (QED) is 0.767. The molecule has 6 heteroatoms. The molecule has 2 aromatic carbocycles. The van der Waals surface area contributed by atoms with Gasteiger partial charge in [0, 0.05) is 17.1 Å². The molecule has 1 N–H and O–H groups in total. The Labute approximate surface area is 149 Å². The molecule has 4 rings (SSSR count). The smallest absolute Gasteiger partial charge is 0.282 e. The van der Waals surface area contributed by atoms with Crippen molar-refractivity contribution in [1.29, 1.82) is 0 Å². The molecule has 0 saturated heterocycles. The van der Waals surface area contributed by atoms with Crippen LogP contribution in [0.1, 0.15) is 6.42 Å².